The average Bonchev–Trinajstić information content (AvgIpc) is 3.06. The second-order valence-electron chi connectivity index (χ2n) is 10.3. The van der Waals surface area contributed by atoms with E-state index in [2.05, 4.69) is 131 Å². The van der Waals surface area contributed by atoms with Crippen LogP contribution >= 0.6 is 0 Å². The maximum absolute atomic E-state index is 5.37. The molecule has 1 aromatic heterocycles. The lowest BCUT2D eigenvalue weighted by Gasteiger charge is -2.15. The summed E-state index contributed by atoms with van der Waals surface area (Å²) in [6.45, 7) is 8.76. The lowest BCUT2D eigenvalue weighted by atomic mass is 10.0. The molecule has 0 fully saturated rings. The molecule has 0 N–H and O–H groups in total. The largest absolute Gasteiger partial charge is 0.246 e. The molecular weight excluding hydrogens is 510 g/mol. The van der Waals surface area contributed by atoms with Gasteiger partial charge in [0.25, 0.3) is 0 Å². The van der Waals surface area contributed by atoms with Crippen LogP contribution in [0.15, 0.2) is 125 Å². The molecule has 0 saturated heterocycles. The Hall–Kier alpha value is -4.63. The number of nitrogens with zero attached hydrogens (tertiary/aromatic N) is 3. The summed E-state index contributed by atoms with van der Waals surface area (Å²) >= 11 is 0. The second-order valence-corrected chi connectivity index (χ2v) is 10.3. The standard InChI is InChI=1S/C39H39N3/c1-5-28-22-15-23-29(6-2)36(28)41-38(32-18-11-9-12-19-32)34-26-17-27-35(40-34)39(33-20-13-10-14-21-33)42-37-30(7-3)24-16-25-31(37)8-4/h9-27H,5-8H2,1-4H3/b41-38+,42-39+. The predicted molar refractivity (Wildman–Crippen MR) is 178 cm³/mol. The molecule has 0 spiro atoms. The first-order valence-electron chi connectivity index (χ1n) is 15.1. The molecule has 3 nitrogen and oxygen atoms in total. The van der Waals surface area contributed by atoms with Gasteiger partial charge in [-0.1, -0.05) is 131 Å². The van der Waals surface area contributed by atoms with Crippen LogP contribution in [0, 0.1) is 0 Å². The Morgan fingerprint density at radius 1 is 0.429 bits per heavy atom. The molecule has 5 rings (SSSR count). The van der Waals surface area contributed by atoms with Crippen molar-refractivity contribution < 1.29 is 0 Å². The van der Waals surface area contributed by atoms with Crippen molar-refractivity contribution in [1.29, 1.82) is 0 Å². The minimum atomic E-state index is 0.829. The Morgan fingerprint density at radius 2 is 0.762 bits per heavy atom. The van der Waals surface area contributed by atoms with Gasteiger partial charge in [0.2, 0.25) is 0 Å². The first-order valence-corrected chi connectivity index (χ1v) is 15.1. The number of aryl methyl sites for hydroxylation is 4. The molecule has 0 radical (unpaired) electrons. The minimum absolute atomic E-state index is 0.829. The number of hydrogen-bond acceptors (Lipinski definition) is 3. The highest BCUT2D eigenvalue weighted by atomic mass is 14.9. The number of rotatable bonds is 10. The van der Waals surface area contributed by atoms with Gasteiger partial charge in [0.1, 0.15) is 0 Å². The molecule has 0 aliphatic rings. The SMILES string of the molecule is CCc1cccc(CC)c1/N=C(\c1ccccc1)c1cccc(/C(=N/c2c(CC)cccc2CC)c2ccccc2)n1. The van der Waals surface area contributed by atoms with Crippen LogP contribution in [0.3, 0.4) is 0 Å². The van der Waals surface area contributed by atoms with Gasteiger partial charge in [-0.25, -0.2) is 15.0 Å². The summed E-state index contributed by atoms with van der Waals surface area (Å²) in [7, 11) is 0. The molecule has 5 aromatic rings. The van der Waals surface area contributed by atoms with Crippen molar-refractivity contribution >= 4 is 22.8 Å². The van der Waals surface area contributed by atoms with Crippen LogP contribution in [0.2, 0.25) is 0 Å². The molecule has 0 aliphatic carbocycles. The third-order valence-corrected chi connectivity index (χ3v) is 7.71. The lowest BCUT2D eigenvalue weighted by molar-refractivity contribution is 1.08. The van der Waals surface area contributed by atoms with Crippen molar-refractivity contribution in [1.82, 2.24) is 4.98 Å². The van der Waals surface area contributed by atoms with Crippen LogP contribution in [0.1, 0.15) is 72.5 Å². The van der Waals surface area contributed by atoms with Gasteiger partial charge in [0, 0.05) is 11.1 Å². The van der Waals surface area contributed by atoms with E-state index in [4.69, 9.17) is 15.0 Å². The Morgan fingerprint density at radius 3 is 1.10 bits per heavy atom. The van der Waals surface area contributed by atoms with Gasteiger partial charge in [-0.05, 0) is 60.1 Å². The van der Waals surface area contributed by atoms with Gasteiger partial charge >= 0.3 is 0 Å². The third kappa shape index (κ3) is 6.31. The Kier molecular flexibility index (Phi) is 9.51. The number of hydrogen-bond donors (Lipinski definition) is 0. The van der Waals surface area contributed by atoms with Crippen molar-refractivity contribution in [3.63, 3.8) is 0 Å². The van der Waals surface area contributed by atoms with Crippen molar-refractivity contribution in [2.75, 3.05) is 0 Å². The summed E-state index contributed by atoms with van der Waals surface area (Å²) in [5.74, 6) is 0. The van der Waals surface area contributed by atoms with E-state index in [9.17, 15) is 0 Å². The van der Waals surface area contributed by atoms with Gasteiger partial charge in [0.05, 0.1) is 34.2 Å². The molecule has 0 saturated carbocycles. The summed E-state index contributed by atoms with van der Waals surface area (Å²) in [6.07, 6.45) is 3.68. The normalized spacial score (nSPS) is 12.0. The molecule has 0 unspecified atom stereocenters. The molecule has 0 aliphatic heterocycles. The molecule has 0 atom stereocenters. The molecular formula is C39H39N3. The van der Waals surface area contributed by atoms with Crippen LogP contribution in [-0.2, 0) is 25.7 Å². The van der Waals surface area contributed by atoms with E-state index >= 15 is 0 Å². The monoisotopic (exact) mass is 549 g/mol. The fourth-order valence-electron chi connectivity index (χ4n) is 5.37. The maximum atomic E-state index is 5.37. The first kappa shape index (κ1) is 28.9. The number of para-hydroxylation sites is 2. The summed E-state index contributed by atoms with van der Waals surface area (Å²) < 4.78 is 0. The van der Waals surface area contributed by atoms with Crippen LogP contribution in [0.4, 0.5) is 11.4 Å². The molecule has 0 bridgehead atoms. The average molecular weight is 550 g/mol. The Bertz CT molecular complexity index is 1530. The number of aliphatic imine (C=N–C) groups is 2. The molecule has 3 heteroatoms. The van der Waals surface area contributed by atoms with Gasteiger partial charge < -0.3 is 0 Å². The lowest BCUT2D eigenvalue weighted by Crippen LogP contribution is -2.12. The zero-order valence-electron chi connectivity index (χ0n) is 25.1. The smallest absolute Gasteiger partial charge is 0.0966 e. The van der Waals surface area contributed by atoms with Crippen molar-refractivity contribution in [3.05, 3.63) is 160 Å². The molecule has 210 valence electrons. The zero-order valence-corrected chi connectivity index (χ0v) is 25.1. The van der Waals surface area contributed by atoms with E-state index in [0.717, 1.165) is 71.0 Å². The second kappa shape index (κ2) is 13.8. The molecule has 1 heterocycles. The third-order valence-electron chi connectivity index (χ3n) is 7.71. The maximum Gasteiger partial charge on any atom is 0.0966 e. The molecule has 4 aromatic carbocycles. The Balaban J connectivity index is 1.74. The fraction of sp³-hybridized carbons (Fsp3) is 0.205. The first-order chi connectivity index (χ1) is 20.7. The minimum Gasteiger partial charge on any atom is -0.246 e. The summed E-state index contributed by atoms with van der Waals surface area (Å²) in [4.78, 5) is 16.0. The van der Waals surface area contributed by atoms with Crippen LogP contribution in [-0.4, -0.2) is 16.4 Å². The van der Waals surface area contributed by atoms with Crippen LogP contribution in [0.25, 0.3) is 0 Å². The quantitative estimate of drug-likeness (QED) is 0.160. The van der Waals surface area contributed by atoms with Crippen molar-refractivity contribution in [3.8, 4) is 0 Å². The summed E-state index contributed by atoms with van der Waals surface area (Å²) in [5, 5.41) is 0. The van der Waals surface area contributed by atoms with Gasteiger partial charge in [-0.2, -0.15) is 0 Å². The topological polar surface area (TPSA) is 37.6 Å². The number of benzene rings is 4. The van der Waals surface area contributed by atoms with Crippen LogP contribution in [0.5, 0.6) is 0 Å². The number of aromatic nitrogens is 1. The summed E-state index contributed by atoms with van der Waals surface area (Å²) in [6, 6.07) is 40.0. The zero-order chi connectivity index (χ0) is 29.3. The molecule has 0 amide bonds. The van der Waals surface area contributed by atoms with E-state index in [1.165, 1.54) is 22.3 Å². The van der Waals surface area contributed by atoms with E-state index in [1.54, 1.807) is 0 Å². The Labute approximate surface area is 250 Å². The highest BCUT2D eigenvalue weighted by molar-refractivity contribution is 6.16. The highest BCUT2D eigenvalue weighted by Crippen LogP contribution is 2.30. The van der Waals surface area contributed by atoms with E-state index < -0.39 is 0 Å². The van der Waals surface area contributed by atoms with Gasteiger partial charge in [-0.15, -0.1) is 0 Å². The summed E-state index contributed by atoms with van der Waals surface area (Å²) in [5.41, 5.74) is 12.5. The number of pyridine rings is 1. The van der Waals surface area contributed by atoms with E-state index in [0.29, 0.717) is 0 Å². The van der Waals surface area contributed by atoms with Gasteiger partial charge in [0.15, 0.2) is 0 Å². The van der Waals surface area contributed by atoms with Crippen LogP contribution < -0.4 is 0 Å². The highest BCUT2D eigenvalue weighted by Gasteiger charge is 2.17. The van der Waals surface area contributed by atoms with Gasteiger partial charge in [-0.3, -0.25) is 0 Å². The molecule has 42 heavy (non-hydrogen) atoms. The fourth-order valence-corrected chi connectivity index (χ4v) is 5.37. The van der Waals surface area contributed by atoms with Crippen molar-refractivity contribution in [2.24, 2.45) is 9.98 Å². The van der Waals surface area contributed by atoms with E-state index in [1.807, 2.05) is 12.1 Å². The van der Waals surface area contributed by atoms with E-state index in [-0.39, 0.29) is 0 Å². The predicted octanol–water partition coefficient (Wildman–Crippen LogP) is 9.67. The van der Waals surface area contributed by atoms with Crippen molar-refractivity contribution in [2.45, 2.75) is 53.4 Å².